The Morgan fingerprint density at radius 3 is 2.53 bits per heavy atom. The molecule has 0 aliphatic carbocycles. The quantitative estimate of drug-likeness (QED) is 0.744. The van der Waals surface area contributed by atoms with Crippen molar-refractivity contribution in [3.05, 3.63) is 41.2 Å². The molecule has 30 heavy (non-hydrogen) atoms. The molecule has 1 aromatic heterocycles. The molecule has 0 radical (unpaired) electrons. The zero-order chi connectivity index (χ0) is 22.7. The Morgan fingerprint density at radius 1 is 1.23 bits per heavy atom. The lowest BCUT2D eigenvalue weighted by molar-refractivity contribution is -0.134. The first-order chi connectivity index (χ1) is 14.5. The molecule has 2 atom stereocenters. The number of halogens is 1. The maximum Gasteiger partial charge on any atom is 0.247 e. The van der Waals surface area contributed by atoms with Gasteiger partial charge < -0.3 is 10.2 Å². The van der Waals surface area contributed by atoms with Crippen molar-refractivity contribution in [2.24, 2.45) is 5.92 Å². The summed E-state index contributed by atoms with van der Waals surface area (Å²) < 4.78 is 1.49. The van der Waals surface area contributed by atoms with Crippen molar-refractivity contribution < 1.29 is 9.59 Å². The number of likely N-dealkylation sites (N-methyl/N-ethyl adjacent to an activating group) is 1. The molecule has 9 heteroatoms. The second-order valence-electron chi connectivity index (χ2n) is 6.25. The Morgan fingerprint density at radius 2 is 1.93 bits per heavy atom. The predicted octanol–water partition coefficient (Wildman–Crippen LogP) is 3.36. The topological polar surface area (TPSA) is 93.0 Å². The summed E-state index contributed by atoms with van der Waals surface area (Å²) in [6.07, 6.45) is 5.24. The average Bonchev–Trinajstić information content (AvgIpc) is 3.44. The number of carbonyl (C=O) groups excluding carboxylic acids is 2. The highest BCUT2D eigenvalue weighted by Gasteiger charge is 2.36. The first-order valence-electron chi connectivity index (χ1n) is 10.2. The minimum Gasteiger partial charge on any atom is -0.357 e. The molecule has 1 N–H and O–H groups in total. The molecule has 1 fully saturated rings. The van der Waals surface area contributed by atoms with Crippen LogP contribution in [0, 0.1) is 5.92 Å². The molecule has 0 saturated carbocycles. The number of aromatic nitrogens is 4. The lowest BCUT2D eigenvalue weighted by Gasteiger charge is -2.21. The van der Waals surface area contributed by atoms with Gasteiger partial charge in [-0.05, 0) is 47.0 Å². The summed E-state index contributed by atoms with van der Waals surface area (Å²) in [5.41, 5.74) is 1.39. The van der Waals surface area contributed by atoms with Gasteiger partial charge in [0.05, 0.1) is 5.69 Å². The molecule has 3 rings (SSSR count). The van der Waals surface area contributed by atoms with E-state index in [1.165, 1.54) is 17.1 Å². The van der Waals surface area contributed by atoms with Gasteiger partial charge in [-0.25, -0.2) is 0 Å². The van der Waals surface area contributed by atoms with Gasteiger partial charge in [0.1, 0.15) is 12.4 Å². The van der Waals surface area contributed by atoms with Crippen LogP contribution >= 0.6 is 11.6 Å². The van der Waals surface area contributed by atoms with Gasteiger partial charge in [-0.1, -0.05) is 46.2 Å². The van der Waals surface area contributed by atoms with Crippen LogP contribution in [-0.2, 0) is 9.59 Å². The third-order valence-electron chi connectivity index (χ3n) is 4.33. The smallest absolute Gasteiger partial charge is 0.247 e. The van der Waals surface area contributed by atoms with Crippen molar-refractivity contribution >= 4 is 29.5 Å². The van der Waals surface area contributed by atoms with Crippen molar-refractivity contribution in [1.29, 1.82) is 0 Å². The van der Waals surface area contributed by atoms with Crippen LogP contribution in [0.5, 0.6) is 0 Å². The van der Waals surface area contributed by atoms with Crippen molar-refractivity contribution in [2.75, 3.05) is 13.6 Å². The summed E-state index contributed by atoms with van der Waals surface area (Å²) in [5.74, 6) is -0.0866. The van der Waals surface area contributed by atoms with Crippen LogP contribution in [0.3, 0.4) is 0 Å². The van der Waals surface area contributed by atoms with Gasteiger partial charge in [0, 0.05) is 30.3 Å². The van der Waals surface area contributed by atoms with Crippen LogP contribution in [-0.4, -0.2) is 56.6 Å². The summed E-state index contributed by atoms with van der Waals surface area (Å²) in [6, 6.07) is 4.78. The van der Waals surface area contributed by atoms with Crippen LogP contribution in [0.4, 0.5) is 0 Å². The van der Waals surface area contributed by atoms with E-state index in [-0.39, 0.29) is 17.7 Å². The van der Waals surface area contributed by atoms with Crippen molar-refractivity contribution in [2.45, 2.75) is 47.1 Å². The lowest BCUT2D eigenvalue weighted by atomic mass is 10.1. The Hall–Kier alpha value is -2.74. The number of amides is 2. The molecule has 2 aromatic rings. The van der Waals surface area contributed by atoms with E-state index in [0.29, 0.717) is 29.2 Å². The van der Waals surface area contributed by atoms with Crippen molar-refractivity contribution in [3.63, 3.8) is 0 Å². The number of hydrogen-bond donors (Lipinski definition) is 1. The highest BCUT2D eigenvalue weighted by molar-refractivity contribution is 6.30. The molecule has 0 spiro atoms. The van der Waals surface area contributed by atoms with E-state index >= 15 is 0 Å². The molecule has 1 aliphatic heterocycles. The molecule has 0 bridgehead atoms. The van der Waals surface area contributed by atoms with Crippen LogP contribution in [0.2, 0.25) is 5.02 Å². The Labute approximate surface area is 183 Å². The van der Waals surface area contributed by atoms with E-state index in [1.54, 1.807) is 36.2 Å². The number of nitrogens with zero attached hydrogens (tertiary/aromatic N) is 5. The fourth-order valence-corrected chi connectivity index (χ4v) is 3.28. The summed E-state index contributed by atoms with van der Waals surface area (Å²) in [5, 5.41) is 14.3. The minimum atomic E-state index is -0.439. The predicted molar refractivity (Wildman–Crippen MR) is 119 cm³/mol. The van der Waals surface area contributed by atoms with Gasteiger partial charge in [-0.2, -0.15) is 4.68 Å². The van der Waals surface area contributed by atoms with Gasteiger partial charge >= 0.3 is 0 Å². The van der Waals surface area contributed by atoms with Crippen LogP contribution in [0.15, 0.2) is 30.6 Å². The van der Waals surface area contributed by atoms with E-state index in [4.69, 9.17) is 11.6 Å². The number of benzene rings is 1. The monoisotopic (exact) mass is 434 g/mol. The van der Waals surface area contributed by atoms with E-state index in [0.717, 1.165) is 0 Å². The Bertz CT molecular complexity index is 838. The molecule has 2 heterocycles. The van der Waals surface area contributed by atoms with Crippen LogP contribution in [0.25, 0.3) is 11.8 Å². The molecular formula is C21H31ClN6O2. The number of hydrogen-bond acceptors (Lipinski definition) is 5. The van der Waals surface area contributed by atoms with Gasteiger partial charge in [0.2, 0.25) is 11.8 Å². The number of likely N-dealkylation sites (tertiary alicyclic amines) is 1. The van der Waals surface area contributed by atoms with E-state index in [2.05, 4.69) is 20.8 Å². The maximum absolute atomic E-state index is 12.7. The molecular weight excluding hydrogens is 404 g/mol. The molecule has 164 valence electrons. The highest BCUT2D eigenvalue weighted by Crippen LogP contribution is 2.24. The second kappa shape index (κ2) is 12.7. The number of rotatable bonds is 4. The van der Waals surface area contributed by atoms with Gasteiger partial charge in [-0.3, -0.25) is 9.59 Å². The summed E-state index contributed by atoms with van der Waals surface area (Å²) in [4.78, 5) is 26.3. The third-order valence-corrected chi connectivity index (χ3v) is 4.57. The van der Waals surface area contributed by atoms with Crippen molar-refractivity contribution in [3.8, 4) is 5.69 Å². The lowest BCUT2D eigenvalue weighted by Crippen LogP contribution is -2.44. The van der Waals surface area contributed by atoms with Crippen LogP contribution < -0.4 is 5.32 Å². The zero-order valence-corrected chi connectivity index (χ0v) is 19.2. The van der Waals surface area contributed by atoms with Crippen molar-refractivity contribution in [1.82, 2.24) is 30.4 Å². The first kappa shape index (κ1) is 25.3. The number of carbonyl (C=O) groups is 2. The van der Waals surface area contributed by atoms with E-state index < -0.39 is 6.04 Å². The molecule has 1 saturated heterocycles. The summed E-state index contributed by atoms with van der Waals surface area (Å²) >= 11 is 6.08. The minimum absolute atomic E-state index is 0.145. The van der Waals surface area contributed by atoms with Gasteiger partial charge in [0.15, 0.2) is 0 Å². The van der Waals surface area contributed by atoms with E-state index in [9.17, 15) is 9.59 Å². The Kier molecular flexibility index (Phi) is 10.7. The third kappa shape index (κ3) is 6.38. The molecule has 1 aromatic carbocycles. The molecule has 2 unspecified atom stereocenters. The van der Waals surface area contributed by atoms with Crippen LogP contribution in [0.1, 0.15) is 46.6 Å². The van der Waals surface area contributed by atoms with Gasteiger partial charge in [0.25, 0.3) is 0 Å². The standard InChI is InChI=1S/C17H19ClN6O2.2C2H6/c1-11-7-15(17(26)19-2)23(9-11)16(25)6-3-12-8-13(18)4-5-14(12)24-10-20-21-22-24;2*1-2/h3-6,8,10-11,15H,7,9H2,1-2H3,(H,19,26);2*1-2H3/b6-3+;;. The zero-order valence-electron chi connectivity index (χ0n) is 18.5. The summed E-state index contributed by atoms with van der Waals surface area (Å²) in [6.45, 7) is 10.6. The highest BCUT2D eigenvalue weighted by atomic mass is 35.5. The maximum atomic E-state index is 12.7. The molecule has 2 amide bonds. The Balaban J connectivity index is 0.00000106. The number of nitrogens with one attached hydrogen (secondary N) is 1. The first-order valence-corrected chi connectivity index (χ1v) is 10.6. The van der Waals surface area contributed by atoms with Gasteiger partial charge in [-0.15, -0.1) is 5.10 Å². The SMILES string of the molecule is CC.CC.CNC(=O)C1CC(C)CN1C(=O)/C=C/c1cc(Cl)ccc1-n1cnnn1. The fourth-order valence-electron chi connectivity index (χ4n) is 3.10. The fraction of sp³-hybridized carbons (Fsp3) is 0.476. The number of tetrazole rings is 1. The summed E-state index contributed by atoms with van der Waals surface area (Å²) in [7, 11) is 1.58. The largest absolute Gasteiger partial charge is 0.357 e. The second-order valence-corrected chi connectivity index (χ2v) is 6.69. The normalized spacial score (nSPS) is 17.6. The molecule has 8 nitrogen and oxygen atoms in total. The average molecular weight is 435 g/mol. The van der Waals surface area contributed by atoms with E-state index in [1.807, 2.05) is 34.6 Å². The molecule has 1 aliphatic rings.